The van der Waals surface area contributed by atoms with Crippen LogP contribution in [0.3, 0.4) is 0 Å². The number of hydrogen-bond donors (Lipinski definition) is 2. The molecule has 0 unspecified atom stereocenters. The number of rotatable bonds is 8. The molecular weight excluding hydrogens is 352 g/mol. The van der Waals surface area contributed by atoms with Crippen LogP contribution in [0.25, 0.3) is 0 Å². The lowest BCUT2D eigenvalue weighted by Gasteiger charge is -2.06. The summed E-state index contributed by atoms with van der Waals surface area (Å²) in [5, 5.41) is 17.9. The monoisotopic (exact) mass is 374 g/mol. The largest absolute Gasteiger partial charge is 0.478 e. The Balaban J connectivity index is 1.50. The van der Waals surface area contributed by atoms with Crippen molar-refractivity contribution in [1.82, 2.24) is 0 Å². The van der Waals surface area contributed by atoms with Crippen LogP contribution >= 0.6 is 0 Å². The van der Waals surface area contributed by atoms with Crippen LogP contribution < -0.4 is 0 Å². The van der Waals surface area contributed by atoms with Gasteiger partial charge in [-0.25, -0.2) is 9.59 Å². The summed E-state index contributed by atoms with van der Waals surface area (Å²) >= 11 is 0. The number of aromatic carboxylic acids is 2. The standard InChI is InChI=1S/C24H22O4/c25-23(26)21-13-9-19(10-14-21)7-5-17-1-2-18(4-3-17)6-8-20-11-15-22(16-12-20)24(27)28/h1-4,9-16H,5-8H2,(H,25,26)(H,27,28). The van der Waals surface area contributed by atoms with Gasteiger partial charge in [-0.15, -0.1) is 0 Å². The first kappa shape index (κ1) is 19.4. The molecule has 28 heavy (non-hydrogen) atoms. The number of aryl methyl sites for hydroxylation is 4. The molecule has 4 nitrogen and oxygen atoms in total. The van der Waals surface area contributed by atoms with E-state index in [1.165, 1.54) is 11.1 Å². The van der Waals surface area contributed by atoms with Crippen molar-refractivity contribution in [3.8, 4) is 0 Å². The second-order valence-electron chi connectivity index (χ2n) is 6.82. The lowest BCUT2D eigenvalue weighted by molar-refractivity contribution is 0.0686. The first-order valence-corrected chi connectivity index (χ1v) is 9.23. The molecule has 2 N–H and O–H groups in total. The van der Waals surface area contributed by atoms with Crippen molar-refractivity contribution in [2.45, 2.75) is 25.7 Å². The zero-order chi connectivity index (χ0) is 19.9. The van der Waals surface area contributed by atoms with E-state index in [2.05, 4.69) is 24.3 Å². The minimum atomic E-state index is -0.903. The molecule has 0 aliphatic carbocycles. The van der Waals surface area contributed by atoms with Gasteiger partial charge in [-0.1, -0.05) is 48.5 Å². The highest BCUT2D eigenvalue weighted by Crippen LogP contribution is 2.13. The van der Waals surface area contributed by atoms with Crippen molar-refractivity contribution >= 4 is 11.9 Å². The first-order chi connectivity index (χ1) is 13.5. The zero-order valence-electron chi connectivity index (χ0n) is 15.5. The van der Waals surface area contributed by atoms with Crippen LogP contribution in [0.5, 0.6) is 0 Å². The van der Waals surface area contributed by atoms with E-state index in [9.17, 15) is 9.59 Å². The Morgan fingerprint density at radius 2 is 0.679 bits per heavy atom. The summed E-state index contributed by atoms with van der Waals surface area (Å²) in [6.07, 6.45) is 3.55. The number of carbonyl (C=O) groups is 2. The molecule has 0 saturated heterocycles. The van der Waals surface area contributed by atoms with Crippen LogP contribution in [0.2, 0.25) is 0 Å². The Morgan fingerprint density at radius 1 is 0.464 bits per heavy atom. The molecule has 0 bridgehead atoms. The Morgan fingerprint density at radius 3 is 0.893 bits per heavy atom. The molecule has 0 fully saturated rings. The lowest BCUT2D eigenvalue weighted by atomic mass is 9.99. The van der Waals surface area contributed by atoms with Gasteiger partial charge in [0, 0.05) is 0 Å². The molecule has 0 saturated carbocycles. The fourth-order valence-corrected chi connectivity index (χ4v) is 3.08. The van der Waals surface area contributed by atoms with Gasteiger partial charge in [0.25, 0.3) is 0 Å². The molecule has 0 radical (unpaired) electrons. The third-order valence-corrected chi connectivity index (χ3v) is 4.83. The SMILES string of the molecule is O=C(O)c1ccc(CCc2ccc(CCc3ccc(C(=O)O)cc3)cc2)cc1. The summed E-state index contributed by atoms with van der Waals surface area (Å²) in [4.78, 5) is 21.8. The van der Waals surface area contributed by atoms with Crippen molar-refractivity contribution in [1.29, 1.82) is 0 Å². The average Bonchev–Trinajstić information content (AvgIpc) is 2.72. The number of carboxylic acids is 2. The molecular formula is C24H22O4. The number of benzene rings is 3. The molecule has 3 aromatic carbocycles. The average molecular weight is 374 g/mol. The highest BCUT2D eigenvalue weighted by Gasteiger charge is 2.04. The van der Waals surface area contributed by atoms with Crippen molar-refractivity contribution in [2.24, 2.45) is 0 Å². The van der Waals surface area contributed by atoms with E-state index in [1.54, 1.807) is 24.3 Å². The number of hydrogen-bond acceptors (Lipinski definition) is 2. The van der Waals surface area contributed by atoms with E-state index in [0.717, 1.165) is 36.8 Å². The van der Waals surface area contributed by atoms with E-state index in [0.29, 0.717) is 11.1 Å². The van der Waals surface area contributed by atoms with Crippen molar-refractivity contribution in [2.75, 3.05) is 0 Å². The molecule has 3 rings (SSSR count). The van der Waals surface area contributed by atoms with Crippen LogP contribution in [-0.2, 0) is 25.7 Å². The summed E-state index contributed by atoms with van der Waals surface area (Å²) < 4.78 is 0. The molecule has 4 heteroatoms. The van der Waals surface area contributed by atoms with E-state index < -0.39 is 11.9 Å². The molecule has 0 aliphatic rings. The van der Waals surface area contributed by atoms with E-state index >= 15 is 0 Å². The molecule has 0 heterocycles. The quantitative estimate of drug-likeness (QED) is 0.602. The predicted molar refractivity (Wildman–Crippen MR) is 108 cm³/mol. The maximum Gasteiger partial charge on any atom is 0.335 e. The zero-order valence-corrected chi connectivity index (χ0v) is 15.5. The maximum atomic E-state index is 10.9. The van der Waals surface area contributed by atoms with Gasteiger partial charge in [0.05, 0.1) is 11.1 Å². The van der Waals surface area contributed by atoms with E-state index in [4.69, 9.17) is 10.2 Å². The Hall–Kier alpha value is -3.40. The van der Waals surface area contributed by atoms with Crippen LogP contribution in [0.15, 0.2) is 72.8 Å². The first-order valence-electron chi connectivity index (χ1n) is 9.23. The molecule has 142 valence electrons. The predicted octanol–water partition coefficient (Wildman–Crippen LogP) is 4.65. The van der Waals surface area contributed by atoms with Crippen LogP contribution in [0.1, 0.15) is 43.0 Å². The summed E-state index contributed by atoms with van der Waals surface area (Å²) in [6.45, 7) is 0. The molecule has 0 amide bonds. The minimum absolute atomic E-state index is 0.311. The molecule has 0 spiro atoms. The number of carboxylic acid groups (broad SMARTS) is 2. The van der Waals surface area contributed by atoms with Crippen molar-refractivity contribution < 1.29 is 19.8 Å². The van der Waals surface area contributed by atoms with Gasteiger partial charge in [0.15, 0.2) is 0 Å². The summed E-state index contributed by atoms with van der Waals surface area (Å²) in [6, 6.07) is 22.6. The third-order valence-electron chi connectivity index (χ3n) is 4.83. The van der Waals surface area contributed by atoms with Gasteiger partial charge in [0.1, 0.15) is 0 Å². The van der Waals surface area contributed by atoms with Gasteiger partial charge in [-0.05, 0) is 72.2 Å². The van der Waals surface area contributed by atoms with Crippen LogP contribution in [0, 0.1) is 0 Å². The van der Waals surface area contributed by atoms with Gasteiger partial charge in [-0.2, -0.15) is 0 Å². The second-order valence-corrected chi connectivity index (χ2v) is 6.82. The van der Waals surface area contributed by atoms with Gasteiger partial charge in [-0.3, -0.25) is 0 Å². The smallest absolute Gasteiger partial charge is 0.335 e. The normalized spacial score (nSPS) is 10.6. The lowest BCUT2D eigenvalue weighted by Crippen LogP contribution is -1.98. The van der Waals surface area contributed by atoms with Crippen LogP contribution in [0.4, 0.5) is 0 Å². The highest BCUT2D eigenvalue weighted by atomic mass is 16.4. The fraction of sp³-hybridized carbons (Fsp3) is 0.167. The van der Waals surface area contributed by atoms with Gasteiger partial charge < -0.3 is 10.2 Å². The topological polar surface area (TPSA) is 74.6 Å². The highest BCUT2D eigenvalue weighted by molar-refractivity contribution is 5.87. The second kappa shape index (κ2) is 9.00. The fourth-order valence-electron chi connectivity index (χ4n) is 3.08. The Labute approximate surface area is 164 Å². The Kier molecular flexibility index (Phi) is 6.22. The molecule has 0 aromatic heterocycles. The summed E-state index contributed by atoms with van der Waals surface area (Å²) in [5.41, 5.74) is 5.36. The summed E-state index contributed by atoms with van der Waals surface area (Å²) in [5.74, 6) is -1.81. The van der Waals surface area contributed by atoms with Gasteiger partial charge >= 0.3 is 11.9 Å². The Bertz CT molecular complexity index is 859. The minimum Gasteiger partial charge on any atom is -0.478 e. The molecule has 0 atom stereocenters. The van der Waals surface area contributed by atoms with Crippen molar-refractivity contribution in [3.05, 3.63) is 106 Å². The van der Waals surface area contributed by atoms with Crippen molar-refractivity contribution in [3.63, 3.8) is 0 Å². The third kappa shape index (κ3) is 5.30. The van der Waals surface area contributed by atoms with E-state index in [-0.39, 0.29) is 0 Å². The molecule has 3 aromatic rings. The molecule has 0 aliphatic heterocycles. The van der Waals surface area contributed by atoms with E-state index in [1.807, 2.05) is 24.3 Å². The summed E-state index contributed by atoms with van der Waals surface area (Å²) in [7, 11) is 0. The maximum absolute atomic E-state index is 10.9. The van der Waals surface area contributed by atoms with Crippen LogP contribution in [-0.4, -0.2) is 22.2 Å². The van der Waals surface area contributed by atoms with Gasteiger partial charge in [0.2, 0.25) is 0 Å².